The lowest BCUT2D eigenvalue weighted by Crippen LogP contribution is -2.25. The second-order valence-electron chi connectivity index (χ2n) is 3.84. The van der Waals surface area contributed by atoms with Crippen LogP contribution in [0, 0.1) is 12.7 Å². The molecule has 1 aromatic carbocycles. The first-order valence-electron chi connectivity index (χ1n) is 5.34. The molecule has 0 amide bonds. The van der Waals surface area contributed by atoms with E-state index < -0.39 is 20.7 Å². The van der Waals surface area contributed by atoms with Gasteiger partial charge in [0.2, 0.25) is 10.0 Å². The van der Waals surface area contributed by atoms with Gasteiger partial charge in [-0.3, -0.25) is 0 Å². The summed E-state index contributed by atoms with van der Waals surface area (Å²) in [6.07, 6.45) is 0. The molecule has 1 aromatic heterocycles. The molecule has 0 saturated carbocycles. The second-order valence-corrected chi connectivity index (χ2v) is 6.49. The van der Waals surface area contributed by atoms with Crippen molar-refractivity contribution in [3.63, 3.8) is 0 Å². The molecule has 2 aromatic rings. The third-order valence-corrected chi connectivity index (χ3v) is 4.96. The minimum atomic E-state index is -3.99. The Hall–Kier alpha value is -1.51. The number of nitrogen functional groups attached to an aromatic ring is 1. The van der Waals surface area contributed by atoms with Crippen molar-refractivity contribution < 1.29 is 12.8 Å². The molecular formula is C11H12FN3O2S2. The van der Waals surface area contributed by atoms with Crippen LogP contribution in [0.2, 0.25) is 0 Å². The molecule has 0 spiro atoms. The monoisotopic (exact) mass is 301 g/mol. The van der Waals surface area contributed by atoms with Crippen LogP contribution in [-0.2, 0) is 16.6 Å². The van der Waals surface area contributed by atoms with Gasteiger partial charge in [0, 0.05) is 11.4 Å². The van der Waals surface area contributed by atoms with Crippen molar-refractivity contribution in [3.05, 3.63) is 40.1 Å². The van der Waals surface area contributed by atoms with Crippen molar-refractivity contribution in [2.75, 3.05) is 5.73 Å². The number of hydrogen-bond donors (Lipinski definition) is 2. The molecule has 0 unspecified atom stereocenters. The fraction of sp³-hybridized carbons (Fsp3) is 0.182. The fourth-order valence-corrected chi connectivity index (χ4v) is 3.53. The first-order valence-corrected chi connectivity index (χ1v) is 7.70. The number of aryl methyl sites for hydroxylation is 1. The van der Waals surface area contributed by atoms with Gasteiger partial charge >= 0.3 is 0 Å². The summed E-state index contributed by atoms with van der Waals surface area (Å²) in [6, 6.07) is 3.76. The molecule has 0 bridgehead atoms. The first kappa shape index (κ1) is 13.9. The van der Waals surface area contributed by atoms with Gasteiger partial charge in [-0.1, -0.05) is 6.07 Å². The maximum atomic E-state index is 13.6. The van der Waals surface area contributed by atoms with E-state index in [1.165, 1.54) is 23.5 Å². The molecule has 2 rings (SSSR count). The number of thiazole rings is 1. The third-order valence-electron chi connectivity index (χ3n) is 2.53. The highest BCUT2D eigenvalue weighted by molar-refractivity contribution is 7.89. The summed E-state index contributed by atoms with van der Waals surface area (Å²) in [5.74, 6) is -0.867. The molecule has 0 aliphatic heterocycles. The SMILES string of the molecule is Cc1ncsc1CNS(=O)(=O)c1c(N)cccc1F. The standard InChI is InChI=1S/C11H12FN3O2S2/c1-7-10(18-6-14-7)5-15-19(16,17)11-8(12)3-2-4-9(11)13/h2-4,6,15H,5,13H2,1H3. The smallest absolute Gasteiger partial charge is 0.245 e. The maximum absolute atomic E-state index is 13.6. The summed E-state index contributed by atoms with van der Waals surface area (Å²) in [4.78, 5) is 4.27. The number of nitrogens with two attached hydrogens (primary N) is 1. The lowest BCUT2D eigenvalue weighted by molar-refractivity contribution is 0.558. The largest absolute Gasteiger partial charge is 0.398 e. The molecule has 0 aliphatic rings. The minimum absolute atomic E-state index is 0.0621. The van der Waals surface area contributed by atoms with E-state index in [0.717, 1.165) is 16.6 Å². The van der Waals surface area contributed by atoms with E-state index >= 15 is 0 Å². The Kier molecular flexibility index (Phi) is 3.83. The predicted molar refractivity (Wildman–Crippen MR) is 71.7 cm³/mol. The number of benzene rings is 1. The van der Waals surface area contributed by atoms with Crippen LogP contribution < -0.4 is 10.5 Å². The zero-order valence-electron chi connectivity index (χ0n) is 10.1. The number of hydrogen-bond acceptors (Lipinski definition) is 5. The number of nitrogens with zero attached hydrogens (tertiary/aromatic N) is 1. The van der Waals surface area contributed by atoms with Crippen molar-refractivity contribution in [2.24, 2.45) is 0 Å². The van der Waals surface area contributed by atoms with E-state index in [1.54, 1.807) is 12.4 Å². The Morgan fingerprint density at radius 1 is 1.47 bits per heavy atom. The van der Waals surface area contributed by atoms with E-state index in [0.29, 0.717) is 0 Å². The topological polar surface area (TPSA) is 85.1 Å². The van der Waals surface area contributed by atoms with Crippen molar-refractivity contribution in [3.8, 4) is 0 Å². The van der Waals surface area contributed by atoms with Crippen LogP contribution in [0.4, 0.5) is 10.1 Å². The summed E-state index contributed by atoms with van der Waals surface area (Å²) in [7, 11) is -3.99. The van der Waals surface area contributed by atoms with Gasteiger partial charge in [0.25, 0.3) is 0 Å². The molecule has 0 aliphatic carbocycles. The molecule has 8 heteroatoms. The molecule has 0 radical (unpaired) electrons. The van der Waals surface area contributed by atoms with Gasteiger partial charge in [-0.25, -0.2) is 22.5 Å². The zero-order chi connectivity index (χ0) is 14.0. The van der Waals surface area contributed by atoms with Gasteiger partial charge in [0.05, 0.1) is 16.9 Å². The van der Waals surface area contributed by atoms with Crippen LogP contribution in [-0.4, -0.2) is 13.4 Å². The van der Waals surface area contributed by atoms with Gasteiger partial charge in [0.1, 0.15) is 10.7 Å². The van der Waals surface area contributed by atoms with Gasteiger partial charge in [-0.2, -0.15) is 0 Å². The summed E-state index contributed by atoms with van der Waals surface area (Å²) in [6.45, 7) is 1.84. The van der Waals surface area contributed by atoms with Crippen LogP contribution in [0.5, 0.6) is 0 Å². The highest BCUT2D eigenvalue weighted by atomic mass is 32.2. The second kappa shape index (κ2) is 5.24. The van der Waals surface area contributed by atoms with Gasteiger partial charge in [0.15, 0.2) is 0 Å². The Bertz CT molecular complexity index is 677. The van der Waals surface area contributed by atoms with E-state index in [1.807, 2.05) is 0 Å². The van der Waals surface area contributed by atoms with Crippen molar-refractivity contribution in [1.29, 1.82) is 0 Å². The number of aromatic nitrogens is 1. The third kappa shape index (κ3) is 2.91. The predicted octanol–water partition coefficient (Wildman–Crippen LogP) is 1.65. The summed E-state index contributed by atoms with van der Waals surface area (Å²) in [5.41, 5.74) is 7.77. The normalized spacial score (nSPS) is 11.7. The number of anilines is 1. The van der Waals surface area contributed by atoms with Crippen LogP contribution in [0.3, 0.4) is 0 Å². The van der Waals surface area contributed by atoms with Gasteiger partial charge < -0.3 is 5.73 Å². The average Bonchev–Trinajstić information content (AvgIpc) is 2.72. The quantitative estimate of drug-likeness (QED) is 0.841. The van der Waals surface area contributed by atoms with Crippen LogP contribution >= 0.6 is 11.3 Å². The molecule has 0 atom stereocenters. The Balaban J connectivity index is 2.26. The zero-order valence-corrected chi connectivity index (χ0v) is 11.7. The molecule has 102 valence electrons. The number of sulfonamides is 1. The average molecular weight is 301 g/mol. The highest BCUT2D eigenvalue weighted by Crippen LogP contribution is 2.22. The fourth-order valence-electron chi connectivity index (χ4n) is 1.54. The van der Waals surface area contributed by atoms with E-state index in [4.69, 9.17) is 5.73 Å². The van der Waals surface area contributed by atoms with Gasteiger partial charge in [-0.05, 0) is 19.1 Å². The van der Waals surface area contributed by atoms with E-state index in [9.17, 15) is 12.8 Å². The van der Waals surface area contributed by atoms with E-state index in [2.05, 4.69) is 9.71 Å². The number of rotatable bonds is 4. The maximum Gasteiger partial charge on any atom is 0.245 e. The van der Waals surface area contributed by atoms with Crippen LogP contribution in [0.15, 0.2) is 28.6 Å². The van der Waals surface area contributed by atoms with Crippen LogP contribution in [0.1, 0.15) is 10.6 Å². The molecule has 0 saturated heterocycles. The molecule has 1 heterocycles. The summed E-state index contributed by atoms with van der Waals surface area (Å²) in [5, 5.41) is 0. The lowest BCUT2D eigenvalue weighted by Gasteiger charge is -2.09. The molecule has 5 nitrogen and oxygen atoms in total. The summed E-state index contributed by atoms with van der Waals surface area (Å²) >= 11 is 1.33. The molecule has 19 heavy (non-hydrogen) atoms. The molecule has 3 N–H and O–H groups in total. The Morgan fingerprint density at radius 3 is 2.79 bits per heavy atom. The lowest BCUT2D eigenvalue weighted by atomic mass is 10.3. The Labute approximate surface area is 114 Å². The minimum Gasteiger partial charge on any atom is -0.398 e. The van der Waals surface area contributed by atoms with Gasteiger partial charge in [-0.15, -0.1) is 11.3 Å². The first-order chi connectivity index (χ1) is 8.92. The van der Waals surface area contributed by atoms with Crippen molar-refractivity contribution in [2.45, 2.75) is 18.4 Å². The van der Waals surface area contributed by atoms with E-state index in [-0.39, 0.29) is 12.2 Å². The van der Waals surface area contributed by atoms with Crippen molar-refractivity contribution in [1.82, 2.24) is 9.71 Å². The summed E-state index contributed by atoms with van der Waals surface area (Å²) < 4.78 is 40.0. The van der Waals surface area contributed by atoms with Crippen LogP contribution in [0.25, 0.3) is 0 Å². The highest BCUT2D eigenvalue weighted by Gasteiger charge is 2.22. The molecular weight excluding hydrogens is 289 g/mol. The number of halogens is 1. The number of nitrogens with one attached hydrogen (secondary N) is 1. The van der Waals surface area contributed by atoms with Crippen molar-refractivity contribution >= 4 is 27.0 Å². The Morgan fingerprint density at radius 2 is 2.21 bits per heavy atom. The molecule has 0 fully saturated rings.